The van der Waals surface area contributed by atoms with Gasteiger partial charge in [0.05, 0.1) is 0 Å². The molecule has 9 heteroatoms. The number of benzene rings is 2. The topological polar surface area (TPSA) is 69.1 Å². The van der Waals surface area contributed by atoms with Crippen LogP contribution in [-0.2, 0) is 13.3 Å². The summed E-state index contributed by atoms with van der Waals surface area (Å²) in [6, 6.07) is 14.9. The van der Waals surface area contributed by atoms with E-state index in [-0.39, 0.29) is 19.4 Å². The van der Waals surface area contributed by atoms with Crippen LogP contribution in [0.4, 0.5) is 0 Å². The summed E-state index contributed by atoms with van der Waals surface area (Å²) in [5.74, 6) is 2.18. The monoisotopic (exact) mass is 454 g/mol. The van der Waals surface area contributed by atoms with Gasteiger partial charge in [0.2, 0.25) is 6.79 Å². The van der Waals surface area contributed by atoms with E-state index in [0.29, 0.717) is 29.6 Å². The first-order valence-corrected chi connectivity index (χ1v) is 10.8. The van der Waals surface area contributed by atoms with Crippen LogP contribution in [0.25, 0.3) is 0 Å². The number of rotatable bonds is 6. The van der Waals surface area contributed by atoms with Gasteiger partial charge in [-0.05, 0) is 42.0 Å². The molecule has 3 aromatic rings. The molecule has 5 rings (SSSR count). The summed E-state index contributed by atoms with van der Waals surface area (Å²) in [5, 5.41) is 4.98. The summed E-state index contributed by atoms with van der Waals surface area (Å²) in [4.78, 5) is 17.0. The van der Waals surface area contributed by atoms with E-state index in [0.717, 1.165) is 31.1 Å². The van der Waals surface area contributed by atoms with Gasteiger partial charge in [0, 0.05) is 43.9 Å². The lowest BCUT2D eigenvalue weighted by molar-refractivity contribution is 0.0621. The fourth-order valence-electron chi connectivity index (χ4n) is 3.81. The van der Waals surface area contributed by atoms with Crippen LogP contribution < -0.4 is 14.2 Å². The molecule has 1 saturated heterocycles. The summed E-state index contributed by atoms with van der Waals surface area (Å²) in [5.41, 5.74) is 1.59. The zero-order valence-electron chi connectivity index (χ0n) is 17.4. The van der Waals surface area contributed by atoms with Gasteiger partial charge in [-0.25, -0.2) is 4.68 Å². The molecule has 0 atom stereocenters. The number of hydrogen-bond acceptors (Lipinski definition) is 6. The summed E-state index contributed by atoms with van der Waals surface area (Å²) >= 11 is 5.97. The number of hydrogen-bond donors (Lipinski definition) is 0. The van der Waals surface area contributed by atoms with E-state index >= 15 is 0 Å². The molecule has 0 aliphatic carbocycles. The van der Waals surface area contributed by atoms with Gasteiger partial charge in [-0.2, -0.15) is 5.10 Å². The number of aromatic nitrogens is 2. The third-order valence-electron chi connectivity index (χ3n) is 5.52. The molecule has 2 aromatic carbocycles. The number of fused-ring (bicyclic) bond motifs is 1. The van der Waals surface area contributed by atoms with E-state index in [2.05, 4.69) is 16.1 Å². The van der Waals surface area contributed by atoms with Crippen LogP contribution in [0.1, 0.15) is 16.1 Å². The van der Waals surface area contributed by atoms with Gasteiger partial charge in [0.1, 0.15) is 5.75 Å². The maximum atomic E-state index is 12.9. The van der Waals surface area contributed by atoms with Gasteiger partial charge in [0.15, 0.2) is 23.9 Å². The Morgan fingerprint density at radius 1 is 1.03 bits per heavy atom. The first-order chi connectivity index (χ1) is 15.6. The van der Waals surface area contributed by atoms with Crippen molar-refractivity contribution in [2.45, 2.75) is 13.3 Å². The second kappa shape index (κ2) is 9.10. The largest absolute Gasteiger partial charge is 0.471 e. The molecule has 166 valence electrons. The minimum Gasteiger partial charge on any atom is -0.471 e. The van der Waals surface area contributed by atoms with Gasteiger partial charge >= 0.3 is 0 Å². The first kappa shape index (κ1) is 20.7. The maximum Gasteiger partial charge on any atom is 0.274 e. The van der Waals surface area contributed by atoms with Gasteiger partial charge in [-0.15, -0.1) is 0 Å². The van der Waals surface area contributed by atoms with E-state index < -0.39 is 0 Å². The third kappa shape index (κ3) is 4.66. The van der Waals surface area contributed by atoms with E-state index in [1.165, 1.54) is 5.56 Å². The normalized spacial score (nSPS) is 15.7. The molecule has 0 spiro atoms. The number of amides is 1. The summed E-state index contributed by atoms with van der Waals surface area (Å²) in [7, 11) is 0. The van der Waals surface area contributed by atoms with E-state index in [1.54, 1.807) is 29.1 Å². The lowest BCUT2D eigenvalue weighted by Gasteiger charge is -2.34. The Morgan fingerprint density at radius 2 is 1.88 bits per heavy atom. The van der Waals surface area contributed by atoms with Crippen molar-refractivity contribution in [2.24, 2.45) is 0 Å². The number of carbonyl (C=O) groups excluding carboxylic acids is 1. The quantitative estimate of drug-likeness (QED) is 0.569. The molecule has 3 heterocycles. The molecule has 0 saturated carbocycles. The Kier molecular flexibility index (Phi) is 5.87. The summed E-state index contributed by atoms with van der Waals surface area (Å²) in [6.07, 6.45) is 1.74. The smallest absolute Gasteiger partial charge is 0.274 e. The Bertz CT molecular complexity index is 1110. The molecule has 0 N–H and O–H groups in total. The highest BCUT2D eigenvalue weighted by atomic mass is 35.5. The molecule has 0 radical (unpaired) electrons. The molecule has 1 aromatic heterocycles. The van der Waals surface area contributed by atoms with Crippen molar-refractivity contribution < 1.29 is 19.0 Å². The minimum atomic E-state index is -0.0609. The SMILES string of the molecule is O=C(c1ccn(COc2cccc(Cl)c2)n1)N1CCN(Cc2ccc3c(c2)OCO3)CC1. The second-order valence-electron chi connectivity index (χ2n) is 7.73. The Morgan fingerprint density at radius 3 is 2.72 bits per heavy atom. The molecular weight excluding hydrogens is 432 g/mol. The molecule has 0 bridgehead atoms. The number of nitrogens with zero attached hydrogens (tertiary/aromatic N) is 4. The highest BCUT2D eigenvalue weighted by Crippen LogP contribution is 2.32. The van der Waals surface area contributed by atoms with Crippen LogP contribution in [0.2, 0.25) is 5.02 Å². The van der Waals surface area contributed by atoms with Crippen molar-refractivity contribution in [2.75, 3.05) is 33.0 Å². The third-order valence-corrected chi connectivity index (χ3v) is 5.76. The average molecular weight is 455 g/mol. The van der Waals surface area contributed by atoms with Crippen LogP contribution in [0, 0.1) is 0 Å². The summed E-state index contributed by atoms with van der Waals surface area (Å²) < 4.78 is 18.1. The lowest BCUT2D eigenvalue weighted by Crippen LogP contribution is -2.48. The van der Waals surface area contributed by atoms with Crippen molar-refractivity contribution in [3.8, 4) is 17.2 Å². The van der Waals surface area contributed by atoms with Crippen LogP contribution >= 0.6 is 11.6 Å². The predicted molar refractivity (Wildman–Crippen MR) is 118 cm³/mol. The molecular formula is C23H23ClN4O4. The van der Waals surface area contributed by atoms with E-state index in [4.69, 9.17) is 25.8 Å². The van der Waals surface area contributed by atoms with Crippen molar-refractivity contribution >= 4 is 17.5 Å². The molecule has 1 fully saturated rings. The highest BCUT2D eigenvalue weighted by Gasteiger charge is 2.24. The van der Waals surface area contributed by atoms with Crippen LogP contribution in [-0.4, -0.2) is 58.5 Å². The number of halogens is 1. The number of carbonyl (C=O) groups is 1. The molecule has 0 unspecified atom stereocenters. The van der Waals surface area contributed by atoms with Crippen molar-refractivity contribution in [1.29, 1.82) is 0 Å². The van der Waals surface area contributed by atoms with E-state index in [1.807, 2.05) is 29.2 Å². The summed E-state index contributed by atoms with van der Waals surface area (Å²) in [6.45, 7) is 4.23. The van der Waals surface area contributed by atoms with Crippen molar-refractivity contribution in [1.82, 2.24) is 19.6 Å². The lowest BCUT2D eigenvalue weighted by atomic mass is 10.1. The van der Waals surface area contributed by atoms with Crippen LogP contribution in [0.15, 0.2) is 54.7 Å². The van der Waals surface area contributed by atoms with Crippen molar-refractivity contribution in [3.63, 3.8) is 0 Å². The Hall–Kier alpha value is -3.23. The van der Waals surface area contributed by atoms with Gasteiger partial charge in [-0.3, -0.25) is 9.69 Å². The van der Waals surface area contributed by atoms with Gasteiger partial charge in [0.25, 0.3) is 5.91 Å². The highest BCUT2D eigenvalue weighted by molar-refractivity contribution is 6.30. The maximum absolute atomic E-state index is 12.9. The first-order valence-electron chi connectivity index (χ1n) is 10.5. The molecule has 1 amide bonds. The number of ether oxygens (including phenoxy) is 3. The van der Waals surface area contributed by atoms with Gasteiger partial charge in [-0.1, -0.05) is 23.7 Å². The molecule has 2 aliphatic heterocycles. The second-order valence-corrected chi connectivity index (χ2v) is 8.16. The van der Waals surface area contributed by atoms with Gasteiger partial charge < -0.3 is 19.1 Å². The standard InChI is InChI=1S/C23H23ClN4O4/c24-18-2-1-3-19(13-18)30-15-28-7-6-20(25-28)23(29)27-10-8-26(9-11-27)14-17-4-5-21-22(12-17)32-16-31-21/h1-7,12-13H,8-11,14-16H2. The molecule has 32 heavy (non-hydrogen) atoms. The predicted octanol–water partition coefficient (Wildman–Crippen LogP) is 3.26. The minimum absolute atomic E-state index is 0.0609. The van der Waals surface area contributed by atoms with Crippen molar-refractivity contribution in [3.05, 3.63) is 71.0 Å². The fraction of sp³-hybridized carbons (Fsp3) is 0.304. The Balaban J connectivity index is 1.12. The van der Waals surface area contributed by atoms with Crippen LogP contribution in [0.5, 0.6) is 17.2 Å². The fourth-order valence-corrected chi connectivity index (χ4v) is 3.99. The Labute approximate surface area is 190 Å². The molecule has 8 nitrogen and oxygen atoms in total. The van der Waals surface area contributed by atoms with E-state index in [9.17, 15) is 4.79 Å². The molecule has 2 aliphatic rings. The number of piperazine rings is 1. The zero-order valence-corrected chi connectivity index (χ0v) is 18.2. The average Bonchev–Trinajstić information content (AvgIpc) is 3.47. The van der Waals surface area contributed by atoms with Crippen LogP contribution in [0.3, 0.4) is 0 Å². The zero-order chi connectivity index (χ0) is 21.9.